The Hall–Kier alpha value is -4.01. The summed E-state index contributed by atoms with van der Waals surface area (Å²) in [6, 6.07) is 12.9. The van der Waals surface area contributed by atoms with E-state index in [1.807, 2.05) is 54.0 Å². The topological polar surface area (TPSA) is 106 Å². The second-order valence-corrected chi connectivity index (χ2v) is 10.0. The Labute approximate surface area is 219 Å². The molecule has 0 saturated heterocycles. The lowest BCUT2D eigenvalue weighted by Gasteiger charge is -2.15. The fourth-order valence-corrected chi connectivity index (χ4v) is 4.20. The third-order valence-corrected chi connectivity index (χ3v) is 6.13. The van der Waals surface area contributed by atoms with E-state index in [2.05, 4.69) is 15.3 Å². The van der Waals surface area contributed by atoms with Crippen molar-refractivity contribution >= 4 is 28.8 Å². The van der Waals surface area contributed by atoms with E-state index in [-0.39, 0.29) is 5.69 Å². The fraction of sp³-hybridized carbons (Fsp3) is 0.214. The molecular formula is C28H26ClN5O3. The smallest absolute Gasteiger partial charge is 0.277 e. The van der Waals surface area contributed by atoms with E-state index in [1.54, 1.807) is 32.2 Å². The Morgan fingerprint density at radius 2 is 1.97 bits per heavy atom. The SMILES string of the molecule is Cc1cc(-c2nc(C(=O)Nc3cn4cc(CCC(C)(C)O)nc4cc3-c3cccc(Cl)c3)co2)ccn1. The van der Waals surface area contributed by atoms with Crippen LogP contribution < -0.4 is 5.32 Å². The Morgan fingerprint density at radius 1 is 1.14 bits per heavy atom. The summed E-state index contributed by atoms with van der Waals surface area (Å²) in [7, 11) is 0. The van der Waals surface area contributed by atoms with Gasteiger partial charge in [-0.05, 0) is 69.5 Å². The highest BCUT2D eigenvalue weighted by Crippen LogP contribution is 2.32. The fourth-order valence-electron chi connectivity index (χ4n) is 4.01. The predicted octanol–water partition coefficient (Wildman–Crippen LogP) is 5.97. The van der Waals surface area contributed by atoms with Crippen molar-refractivity contribution in [1.82, 2.24) is 19.4 Å². The first-order valence-electron chi connectivity index (χ1n) is 11.8. The molecule has 8 nitrogen and oxygen atoms in total. The summed E-state index contributed by atoms with van der Waals surface area (Å²) in [5, 5.41) is 13.7. The number of nitrogens with one attached hydrogen (secondary N) is 1. The minimum Gasteiger partial charge on any atom is -0.444 e. The number of pyridine rings is 2. The molecule has 2 N–H and O–H groups in total. The van der Waals surface area contributed by atoms with Gasteiger partial charge >= 0.3 is 0 Å². The van der Waals surface area contributed by atoms with Crippen molar-refractivity contribution in [1.29, 1.82) is 0 Å². The summed E-state index contributed by atoms with van der Waals surface area (Å²) < 4.78 is 7.43. The number of aliphatic hydroxyl groups is 1. The second-order valence-electron chi connectivity index (χ2n) is 9.60. The molecule has 188 valence electrons. The van der Waals surface area contributed by atoms with E-state index in [4.69, 9.17) is 21.0 Å². The number of carbonyl (C=O) groups is 1. The molecule has 37 heavy (non-hydrogen) atoms. The number of oxazole rings is 1. The molecule has 0 aliphatic carbocycles. The van der Waals surface area contributed by atoms with Crippen LogP contribution in [0.5, 0.6) is 0 Å². The van der Waals surface area contributed by atoms with E-state index in [0.717, 1.165) is 33.7 Å². The van der Waals surface area contributed by atoms with Crippen molar-refractivity contribution < 1.29 is 14.3 Å². The minimum absolute atomic E-state index is 0.151. The van der Waals surface area contributed by atoms with Gasteiger partial charge in [-0.3, -0.25) is 9.78 Å². The third-order valence-electron chi connectivity index (χ3n) is 5.90. The van der Waals surface area contributed by atoms with Crippen molar-refractivity contribution in [2.75, 3.05) is 5.32 Å². The van der Waals surface area contributed by atoms with Crippen molar-refractivity contribution in [2.24, 2.45) is 0 Å². The van der Waals surface area contributed by atoms with Crippen LogP contribution >= 0.6 is 11.6 Å². The molecule has 4 heterocycles. The molecule has 0 radical (unpaired) electrons. The number of nitrogens with zero attached hydrogens (tertiary/aromatic N) is 4. The highest BCUT2D eigenvalue weighted by atomic mass is 35.5. The number of imidazole rings is 1. The number of rotatable bonds is 7. The molecule has 5 rings (SSSR count). The van der Waals surface area contributed by atoms with Crippen LogP contribution in [0.3, 0.4) is 0 Å². The summed E-state index contributed by atoms with van der Waals surface area (Å²) in [6.45, 7) is 5.43. The number of halogens is 1. The Balaban J connectivity index is 1.49. The van der Waals surface area contributed by atoms with Crippen LogP contribution in [0.2, 0.25) is 5.02 Å². The molecule has 0 spiro atoms. The van der Waals surface area contributed by atoms with Gasteiger partial charge in [0.05, 0.1) is 17.0 Å². The third kappa shape index (κ3) is 5.71. The Kier molecular flexibility index (Phi) is 6.54. The summed E-state index contributed by atoms with van der Waals surface area (Å²) in [5.74, 6) is -0.0713. The standard InChI is InChI=1S/C28H26ClN5O3/c1-17-11-19(8-10-30-17)27-33-24(16-37-27)26(35)32-23-15-34-14-21(7-9-28(2,3)36)31-25(34)13-22(23)18-5-4-6-20(29)12-18/h4-6,8,10-16,36H,7,9H2,1-3H3,(H,32,35). The van der Waals surface area contributed by atoms with E-state index >= 15 is 0 Å². The van der Waals surface area contributed by atoms with Crippen LogP contribution in [-0.2, 0) is 6.42 Å². The Morgan fingerprint density at radius 3 is 2.73 bits per heavy atom. The number of amides is 1. The van der Waals surface area contributed by atoms with Gasteiger partial charge in [0, 0.05) is 40.4 Å². The molecule has 9 heteroatoms. The van der Waals surface area contributed by atoms with Crippen LogP contribution in [0, 0.1) is 6.92 Å². The summed E-state index contributed by atoms with van der Waals surface area (Å²) in [6.07, 6.45) is 7.92. The molecule has 1 aromatic carbocycles. The van der Waals surface area contributed by atoms with Gasteiger partial charge in [-0.1, -0.05) is 23.7 Å². The predicted molar refractivity (Wildman–Crippen MR) is 143 cm³/mol. The molecular weight excluding hydrogens is 490 g/mol. The van der Waals surface area contributed by atoms with Crippen molar-refractivity contribution in [3.63, 3.8) is 0 Å². The highest BCUT2D eigenvalue weighted by molar-refractivity contribution is 6.30. The average Bonchev–Trinajstić information content (AvgIpc) is 3.49. The zero-order chi connectivity index (χ0) is 26.2. The molecule has 0 fully saturated rings. The van der Waals surface area contributed by atoms with E-state index in [0.29, 0.717) is 29.4 Å². The summed E-state index contributed by atoms with van der Waals surface area (Å²) in [5.41, 5.74) is 4.65. The first kappa shape index (κ1) is 24.7. The molecule has 5 aromatic rings. The molecule has 1 amide bonds. The quantitative estimate of drug-likeness (QED) is 0.276. The van der Waals surface area contributed by atoms with Gasteiger partial charge in [0.1, 0.15) is 11.9 Å². The lowest BCUT2D eigenvalue weighted by molar-refractivity contribution is 0.0711. The van der Waals surface area contributed by atoms with E-state index in [1.165, 1.54) is 6.26 Å². The number of hydrogen-bond donors (Lipinski definition) is 2. The van der Waals surface area contributed by atoms with Gasteiger partial charge in [0.15, 0.2) is 5.69 Å². The normalized spacial score (nSPS) is 11.7. The maximum absolute atomic E-state index is 13.2. The van der Waals surface area contributed by atoms with Gasteiger partial charge in [-0.25, -0.2) is 9.97 Å². The molecule has 0 aliphatic heterocycles. The molecule has 0 aliphatic rings. The number of hydrogen-bond acceptors (Lipinski definition) is 6. The number of aryl methyl sites for hydroxylation is 2. The number of anilines is 1. The maximum Gasteiger partial charge on any atom is 0.277 e. The first-order valence-corrected chi connectivity index (χ1v) is 12.2. The van der Waals surface area contributed by atoms with Crippen molar-refractivity contribution in [2.45, 2.75) is 39.2 Å². The lowest BCUT2D eigenvalue weighted by Crippen LogP contribution is -2.19. The molecule has 4 aromatic heterocycles. The van der Waals surface area contributed by atoms with Gasteiger partial charge in [-0.2, -0.15) is 0 Å². The summed E-state index contributed by atoms with van der Waals surface area (Å²) >= 11 is 6.27. The monoisotopic (exact) mass is 515 g/mol. The van der Waals surface area contributed by atoms with E-state index in [9.17, 15) is 9.90 Å². The molecule has 0 unspecified atom stereocenters. The van der Waals surface area contributed by atoms with Gasteiger partial charge < -0.3 is 19.2 Å². The molecule has 0 bridgehead atoms. The highest BCUT2D eigenvalue weighted by Gasteiger charge is 2.19. The second kappa shape index (κ2) is 9.80. The molecule has 0 atom stereocenters. The van der Waals surface area contributed by atoms with Crippen LogP contribution in [0.1, 0.15) is 42.1 Å². The molecule has 0 saturated carbocycles. The minimum atomic E-state index is -0.785. The zero-order valence-electron chi connectivity index (χ0n) is 20.7. The van der Waals surface area contributed by atoms with Crippen LogP contribution in [0.15, 0.2) is 71.7 Å². The summed E-state index contributed by atoms with van der Waals surface area (Å²) in [4.78, 5) is 26.5. The maximum atomic E-state index is 13.2. The van der Waals surface area contributed by atoms with Crippen molar-refractivity contribution in [3.05, 3.63) is 89.4 Å². The van der Waals surface area contributed by atoms with E-state index < -0.39 is 11.5 Å². The largest absolute Gasteiger partial charge is 0.444 e. The van der Waals surface area contributed by atoms with Crippen LogP contribution in [0.4, 0.5) is 5.69 Å². The first-order chi connectivity index (χ1) is 17.6. The van der Waals surface area contributed by atoms with Gasteiger partial charge in [-0.15, -0.1) is 0 Å². The van der Waals surface area contributed by atoms with Crippen molar-refractivity contribution in [3.8, 4) is 22.6 Å². The van der Waals surface area contributed by atoms with Gasteiger partial charge in [0.2, 0.25) is 5.89 Å². The van der Waals surface area contributed by atoms with Crippen LogP contribution in [0.25, 0.3) is 28.2 Å². The zero-order valence-corrected chi connectivity index (χ0v) is 21.5. The number of aromatic nitrogens is 4. The number of carbonyl (C=O) groups excluding carboxylic acids is 1. The number of benzene rings is 1. The average molecular weight is 516 g/mol. The Bertz CT molecular complexity index is 1600. The number of fused-ring (bicyclic) bond motifs is 1. The van der Waals surface area contributed by atoms with Gasteiger partial charge in [0.25, 0.3) is 5.91 Å². The lowest BCUT2D eigenvalue weighted by atomic mass is 10.0. The van der Waals surface area contributed by atoms with Crippen LogP contribution in [-0.4, -0.2) is 36.0 Å².